The van der Waals surface area contributed by atoms with Crippen molar-refractivity contribution in [2.75, 3.05) is 26.2 Å². The zero-order valence-corrected chi connectivity index (χ0v) is 20.0. The third kappa shape index (κ3) is 11.0. The lowest BCUT2D eigenvalue weighted by molar-refractivity contribution is -0.193. The number of aliphatic carboxylic acids is 2. The number of halogens is 6. The first-order valence-electron chi connectivity index (χ1n) is 10.7. The molecule has 2 aliphatic rings. The third-order valence-corrected chi connectivity index (χ3v) is 5.96. The maximum absolute atomic E-state index is 10.6. The summed E-state index contributed by atoms with van der Waals surface area (Å²) in [5.74, 6) is -5.51. The summed E-state index contributed by atoms with van der Waals surface area (Å²) in [6, 6.07) is 4.67. The summed E-state index contributed by atoms with van der Waals surface area (Å²) < 4.78 is 69.6. The highest BCUT2D eigenvalue weighted by Crippen LogP contribution is 2.26. The number of thiazole rings is 1. The Bertz CT molecular complexity index is 954. The fourth-order valence-electron chi connectivity index (χ4n) is 3.55. The van der Waals surface area contributed by atoms with Crippen LogP contribution in [-0.4, -0.2) is 92.6 Å². The van der Waals surface area contributed by atoms with Gasteiger partial charge < -0.3 is 14.9 Å². The van der Waals surface area contributed by atoms with Crippen LogP contribution in [0, 0.1) is 0 Å². The van der Waals surface area contributed by atoms with Crippen LogP contribution in [0.15, 0.2) is 36.1 Å². The molecule has 2 atom stereocenters. The van der Waals surface area contributed by atoms with Crippen LogP contribution in [-0.2, 0) is 27.5 Å². The Morgan fingerprint density at radius 1 is 1.05 bits per heavy atom. The molecule has 4 heterocycles. The molecule has 0 radical (unpaired) electrons. The molecule has 2 saturated heterocycles. The minimum Gasteiger partial charge on any atom is -0.475 e. The molecule has 0 amide bonds. The Hall–Kier alpha value is -2.82. The van der Waals surface area contributed by atoms with Crippen molar-refractivity contribution < 1.29 is 50.9 Å². The van der Waals surface area contributed by atoms with Crippen LogP contribution >= 0.6 is 11.3 Å². The molecule has 0 aromatic carbocycles. The van der Waals surface area contributed by atoms with Gasteiger partial charge in [0, 0.05) is 56.2 Å². The number of aromatic nitrogens is 2. The van der Waals surface area contributed by atoms with Crippen LogP contribution in [0.25, 0.3) is 0 Å². The number of carboxylic acids is 2. The minimum absolute atomic E-state index is 0.347. The van der Waals surface area contributed by atoms with Crippen molar-refractivity contribution in [2.24, 2.45) is 0 Å². The maximum atomic E-state index is 10.6. The SMILES string of the molecule is O=C(O)C(F)(F)F.O=C(O)C(F)(F)F.c1cncc(CO[C@@H]2C[C@H]3CN(Cc4nccs4)CCN3C2)c1. The number of hydrogen-bond donors (Lipinski definition) is 2. The van der Waals surface area contributed by atoms with Crippen molar-refractivity contribution in [1.82, 2.24) is 19.8 Å². The highest BCUT2D eigenvalue weighted by Gasteiger charge is 2.39. The molecule has 0 spiro atoms. The third-order valence-electron chi connectivity index (χ3n) is 5.20. The van der Waals surface area contributed by atoms with E-state index in [0.717, 1.165) is 44.7 Å². The highest BCUT2D eigenvalue weighted by molar-refractivity contribution is 7.09. The Balaban J connectivity index is 0.000000286. The number of carboxylic acid groups (broad SMARTS) is 2. The number of pyridine rings is 1. The quantitative estimate of drug-likeness (QED) is 0.534. The molecule has 2 aliphatic heterocycles. The van der Waals surface area contributed by atoms with E-state index in [-0.39, 0.29) is 0 Å². The second-order valence-electron chi connectivity index (χ2n) is 7.95. The van der Waals surface area contributed by atoms with Gasteiger partial charge in [0.15, 0.2) is 0 Å². The van der Waals surface area contributed by atoms with Crippen molar-refractivity contribution in [3.8, 4) is 0 Å². The van der Waals surface area contributed by atoms with Gasteiger partial charge in [-0.05, 0) is 18.1 Å². The molecule has 0 unspecified atom stereocenters. The van der Waals surface area contributed by atoms with Gasteiger partial charge in [0.05, 0.1) is 19.3 Å². The molecule has 9 nitrogen and oxygen atoms in total. The van der Waals surface area contributed by atoms with E-state index in [4.69, 9.17) is 24.5 Å². The molecule has 2 aromatic rings. The van der Waals surface area contributed by atoms with Gasteiger partial charge in [0.2, 0.25) is 0 Å². The van der Waals surface area contributed by atoms with E-state index >= 15 is 0 Å². The van der Waals surface area contributed by atoms with Gasteiger partial charge in [0.1, 0.15) is 5.01 Å². The molecule has 0 bridgehead atoms. The Morgan fingerprint density at radius 2 is 1.70 bits per heavy atom. The number of piperazine rings is 1. The van der Waals surface area contributed by atoms with E-state index < -0.39 is 24.3 Å². The summed E-state index contributed by atoms with van der Waals surface area (Å²) in [4.78, 5) is 31.5. The molecule has 0 aliphatic carbocycles. The molecule has 2 aromatic heterocycles. The molecule has 2 fully saturated rings. The van der Waals surface area contributed by atoms with Gasteiger partial charge in [-0.25, -0.2) is 14.6 Å². The van der Waals surface area contributed by atoms with Gasteiger partial charge in [-0.1, -0.05) is 6.07 Å². The Morgan fingerprint density at radius 3 is 2.22 bits per heavy atom. The van der Waals surface area contributed by atoms with E-state index in [1.54, 1.807) is 17.5 Å². The smallest absolute Gasteiger partial charge is 0.475 e. The van der Waals surface area contributed by atoms with Gasteiger partial charge in [0.25, 0.3) is 0 Å². The first-order chi connectivity index (χ1) is 17.3. The van der Waals surface area contributed by atoms with Crippen molar-refractivity contribution in [3.05, 3.63) is 46.7 Å². The molecule has 16 heteroatoms. The van der Waals surface area contributed by atoms with Crippen LogP contribution in [0.2, 0.25) is 0 Å². The monoisotopic (exact) mass is 558 g/mol. The molecule has 0 saturated carbocycles. The van der Waals surface area contributed by atoms with E-state index in [9.17, 15) is 26.3 Å². The molecular weight excluding hydrogens is 534 g/mol. The van der Waals surface area contributed by atoms with Crippen LogP contribution in [0.4, 0.5) is 26.3 Å². The summed E-state index contributed by atoms with van der Waals surface area (Å²) >= 11 is 1.75. The number of nitrogens with zero attached hydrogens (tertiary/aromatic N) is 4. The van der Waals surface area contributed by atoms with Gasteiger partial charge in [-0.15, -0.1) is 11.3 Å². The number of alkyl halides is 6. The second kappa shape index (κ2) is 13.6. The largest absolute Gasteiger partial charge is 0.490 e. The molecule has 2 N–H and O–H groups in total. The van der Waals surface area contributed by atoms with Crippen molar-refractivity contribution in [1.29, 1.82) is 0 Å². The number of ether oxygens (including phenoxy) is 1. The number of carbonyl (C=O) groups is 2. The predicted molar refractivity (Wildman–Crippen MR) is 118 cm³/mol. The predicted octanol–water partition coefficient (Wildman–Crippen LogP) is 3.28. The number of fused-ring (bicyclic) bond motifs is 1. The topological polar surface area (TPSA) is 116 Å². The van der Waals surface area contributed by atoms with E-state index in [1.807, 2.05) is 18.5 Å². The van der Waals surface area contributed by atoms with Gasteiger partial charge >= 0.3 is 24.3 Å². The molecule has 4 rings (SSSR count). The lowest BCUT2D eigenvalue weighted by atomic mass is 10.1. The fraction of sp³-hybridized carbons (Fsp3) is 0.524. The van der Waals surface area contributed by atoms with E-state index in [1.165, 1.54) is 5.01 Å². The summed E-state index contributed by atoms with van der Waals surface area (Å²) in [6.45, 7) is 6.13. The molecule has 37 heavy (non-hydrogen) atoms. The van der Waals surface area contributed by atoms with E-state index in [2.05, 4.69) is 31.2 Å². The second-order valence-corrected chi connectivity index (χ2v) is 8.92. The van der Waals surface area contributed by atoms with Crippen molar-refractivity contribution in [2.45, 2.75) is 44.1 Å². The summed E-state index contributed by atoms with van der Waals surface area (Å²) in [7, 11) is 0. The average molecular weight is 559 g/mol. The average Bonchev–Trinajstić information content (AvgIpc) is 3.47. The van der Waals surface area contributed by atoms with Gasteiger partial charge in [-0.2, -0.15) is 26.3 Å². The van der Waals surface area contributed by atoms with Crippen molar-refractivity contribution >= 4 is 23.3 Å². The zero-order valence-electron chi connectivity index (χ0n) is 19.2. The number of rotatable bonds is 5. The Kier molecular flexibility index (Phi) is 11.2. The van der Waals surface area contributed by atoms with E-state index in [0.29, 0.717) is 18.8 Å². The van der Waals surface area contributed by atoms with Gasteiger partial charge in [-0.3, -0.25) is 14.8 Å². The first kappa shape index (κ1) is 30.4. The number of hydrogen-bond acceptors (Lipinski definition) is 8. The van der Waals surface area contributed by atoms with Crippen LogP contribution in [0.5, 0.6) is 0 Å². The maximum Gasteiger partial charge on any atom is 0.490 e. The summed E-state index contributed by atoms with van der Waals surface area (Å²) in [6.07, 6.45) is -3.10. The zero-order chi connectivity index (χ0) is 27.6. The van der Waals surface area contributed by atoms with Crippen LogP contribution < -0.4 is 0 Å². The van der Waals surface area contributed by atoms with Crippen LogP contribution in [0.1, 0.15) is 17.0 Å². The van der Waals surface area contributed by atoms with Crippen molar-refractivity contribution in [3.63, 3.8) is 0 Å². The lowest BCUT2D eigenvalue weighted by Crippen LogP contribution is -2.49. The lowest BCUT2D eigenvalue weighted by Gasteiger charge is -2.36. The Labute approximate surface area is 211 Å². The normalized spacial score (nSPS) is 20.2. The fourth-order valence-corrected chi connectivity index (χ4v) is 4.20. The first-order valence-corrected chi connectivity index (χ1v) is 11.6. The standard InChI is InChI=1S/C17H22N4OS.2C2HF3O2/c1-2-14(9-18-3-1)13-22-16-8-15-10-20(5-6-21(15)11-16)12-17-19-4-7-23-17;2*3-2(4,5)1(6)7/h1-4,7,9,15-16H,5-6,8,10-13H2;2*(H,6,7)/t15-,16+;;/m0../s1. The molecule has 206 valence electrons. The minimum atomic E-state index is -5.08. The molecular formula is C21H24F6N4O5S. The van der Waals surface area contributed by atoms with Crippen LogP contribution in [0.3, 0.4) is 0 Å². The summed E-state index contributed by atoms with van der Waals surface area (Å²) in [5, 5.41) is 17.5. The highest BCUT2D eigenvalue weighted by atomic mass is 32.1. The summed E-state index contributed by atoms with van der Waals surface area (Å²) in [5.41, 5.74) is 1.16.